The third-order valence-corrected chi connectivity index (χ3v) is 1.02. The number of carbonyl (C=O) groups is 1. The van der Waals surface area contributed by atoms with E-state index in [0.29, 0.717) is 6.61 Å². The van der Waals surface area contributed by atoms with Crippen LogP contribution in [0.25, 0.3) is 0 Å². The number of hydrogen-bond donors (Lipinski definition) is 2. The van der Waals surface area contributed by atoms with Gasteiger partial charge in [0.1, 0.15) is 0 Å². The summed E-state index contributed by atoms with van der Waals surface area (Å²) < 4.78 is 4.68. The molecule has 60 valence electrons. The lowest BCUT2D eigenvalue weighted by atomic mass is 10.3. The molecule has 0 aromatic rings. The molecule has 0 aliphatic heterocycles. The van der Waals surface area contributed by atoms with Crippen molar-refractivity contribution < 1.29 is 9.53 Å². The Morgan fingerprint density at radius 2 is 2.30 bits per heavy atom. The summed E-state index contributed by atoms with van der Waals surface area (Å²) in [5.74, 6) is 4.79. The second-order valence-corrected chi connectivity index (χ2v) is 2.00. The van der Waals surface area contributed by atoms with E-state index in [1.54, 1.807) is 0 Å². The molecular weight excluding hydrogens is 132 g/mol. The number of unbranched alkanes of at least 4 members (excludes halogenated alkanes) is 1. The summed E-state index contributed by atoms with van der Waals surface area (Å²) in [5, 5.41) is 0. The molecule has 0 amide bonds. The predicted octanol–water partition coefficient (Wildman–Crippen LogP) is -0.207. The normalized spacial score (nSPS) is 9.40. The number of hydrazine groups is 1. The van der Waals surface area contributed by atoms with E-state index in [9.17, 15) is 4.79 Å². The van der Waals surface area contributed by atoms with Crippen LogP contribution in [0.5, 0.6) is 0 Å². The third-order valence-electron chi connectivity index (χ3n) is 1.02. The lowest BCUT2D eigenvalue weighted by Gasteiger charge is -2.00. The van der Waals surface area contributed by atoms with Gasteiger partial charge in [0.2, 0.25) is 0 Å². The summed E-state index contributed by atoms with van der Waals surface area (Å²) in [6.45, 7) is 2.67. The lowest BCUT2D eigenvalue weighted by molar-refractivity contribution is -0.141. The molecule has 0 aliphatic carbocycles. The minimum absolute atomic E-state index is 0.222. The first kappa shape index (κ1) is 9.39. The van der Waals surface area contributed by atoms with Gasteiger partial charge in [-0.3, -0.25) is 16.1 Å². The maximum Gasteiger partial charge on any atom is 0.302 e. The Labute approximate surface area is 60.7 Å². The van der Waals surface area contributed by atoms with Crippen LogP contribution in [-0.4, -0.2) is 19.1 Å². The van der Waals surface area contributed by atoms with Crippen molar-refractivity contribution in [1.29, 1.82) is 0 Å². The fourth-order valence-electron chi connectivity index (χ4n) is 0.545. The molecule has 10 heavy (non-hydrogen) atoms. The number of hydrogen-bond acceptors (Lipinski definition) is 4. The first-order valence-corrected chi connectivity index (χ1v) is 3.34. The van der Waals surface area contributed by atoms with Gasteiger partial charge in [-0.25, -0.2) is 0 Å². The molecule has 0 atom stereocenters. The molecule has 0 aromatic carbocycles. The van der Waals surface area contributed by atoms with Crippen molar-refractivity contribution in [3.63, 3.8) is 0 Å². The van der Waals surface area contributed by atoms with E-state index in [0.717, 1.165) is 19.4 Å². The van der Waals surface area contributed by atoms with Crippen molar-refractivity contribution >= 4 is 5.97 Å². The van der Waals surface area contributed by atoms with Crippen LogP contribution in [0.4, 0.5) is 0 Å². The van der Waals surface area contributed by atoms with Gasteiger partial charge in [0.25, 0.3) is 0 Å². The highest BCUT2D eigenvalue weighted by Gasteiger charge is 1.90. The molecule has 0 spiro atoms. The predicted molar refractivity (Wildman–Crippen MR) is 38.1 cm³/mol. The molecule has 0 heterocycles. The van der Waals surface area contributed by atoms with Crippen molar-refractivity contribution in [2.45, 2.75) is 19.8 Å². The summed E-state index contributed by atoms with van der Waals surface area (Å²) in [5.41, 5.74) is 2.52. The van der Waals surface area contributed by atoms with E-state index in [1.165, 1.54) is 6.92 Å². The van der Waals surface area contributed by atoms with Crippen LogP contribution in [0.15, 0.2) is 0 Å². The van der Waals surface area contributed by atoms with Crippen LogP contribution in [-0.2, 0) is 9.53 Å². The summed E-state index contributed by atoms with van der Waals surface area (Å²) >= 11 is 0. The molecule has 4 heteroatoms. The van der Waals surface area contributed by atoms with Gasteiger partial charge in [0, 0.05) is 13.5 Å². The Kier molecular flexibility index (Phi) is 6.11. The minimum atomic E-state index is -0.222. The Bertz CT molecular complexity index is 95.7. The van der Waals surface area contributed by atoms with Crippen molar-refractivity contribution in [2.24, 2.45) is 5.84 Å². The number of nitrogens with one attached hydrogen (secondary N) is 1. The fourth-order valence-corrected chi connectivity index (χ4v) is 0.545. The van der Waals surface area contributed by atoms with E-state index in [2.05, 4.69) is 10.2 Å². The molecule has 0 fully saturated rings. The number of ether oxygens (including phenoxy) is 1. The summed E-state index contributed by atoms with van der Waals surface area (Å²) in [6, 6.07) is 0. The van der Waals surface area contributed by atoms with Gasteiger partial charge in [0.15, 0.2) is 0 Å². The van der Waals surface area contributed by atoms with Crippen molar-refractivity contribution in [3.05, 3.63) is 0 Å². The monoisotopic (exact) mass is 146 g/mol. The first-order chi connectivity index (χ1) is 4.77. The molecule has 0 saturated carbocycles. The van der Waals surface area contributed by atoms with Gasteiger partial charge in [-0.15, -0.1) is 0 Å². The SMILES string of the molecule is CC(=O)OCCCCNN. The molecule has 0 unspecified atom stereocenters. The smallest absolute Gasteiger partial charge is 0.302 e. The van der Waals surface area contributed by atoms with Gasteiger partial charge < -0.3 is 4.74 Å². The molecule has 3 N–H and O–H groups in total. The largest absolute Gasteiger partial charge is 0.466 e. The first-order valence-electron chi connectivity index (χ1n) is 3.34. The summed E-state index contributed by atoms with van der Waals surface area (Å²) in [4.78, 5) is 10.2. The zero-order chi connectivity index (χ0) is 7.82. The lowest BCUT2D eigenvalue weighted by Crippen LogP contribution is -2.23. The molecule has 0 aliphatic rings. The zero-order valence-electron chi connectivity index (χ0n) is 6.22. The second-order valence-electron chi connectivity index (χ2n) is 2.00. The van der Waals surface area contributed by atoms with Gasteiger partial charge in [-0.05, 0) is 12.8 Å². The number of esters is 1. The minimum Gasteiger partial charge on any atom is -0.466 e. The van der Waals surface area contributed by atoms with Gasteiger partial charge in [-0.2, -0.15) is 0 Å². The highest BCUT2D eigenvalue weighted by atomic mass is 16.5. The van der Waals surface area contributed by atoms with E-state index in [1.807, 2.05) is 0 Å². The molecule has 0 rings (SSSR count). The van der Waals surface area contributed by atoms with Crippen LogP contribution in [0.1, 0.15) is 19.8 Å². The standard InChI is InChI=1S/C6H14N2O2/c1-6(9)10-5-3-2-4-8-7/h8H,2-5,7H2,1H3. The van der Waals surface area contributed by atoms with Gasteiger partial charge >= 0.3 is 5.97 Å². The van der Waals surface area contributed by atoms with Crippen LogP contribution in [0, 0.1) is 0 Å². The summed E-state index contributed by atoms with van der Waals surface area (Å²) in [7, 11) is 0. The molecule has 0 saturated heterocycles. The Morgan fingerprint density at radius 3 is 2.80 bits per heavy atom. The van der Waals surface area contributed by atoms with E-state index >= 15 is 0 Å². The zero-order valence-corrected chi connectivity index (χ0v) is 6.22. The quantitative estimate of drug-likeness (QED) is 0.244. The maximum atomic E-state index is 10.2. The Hall–Kier alpha value is -0.610. The van der Waals surface area contributed by atoms with Crippen LogP contribution < -0.4 is 11.3 Å². The second kappa shape index (κ2) is 6.51. The Morgan fingerprint density at radius 1 is 1.60 bits per heavy atom. The molecule has 0 bridgehead atoms. The highest BCUT2D eigenvalue weighted by Crippen LogP contribution is 1.87. The average molecular weight is 146 g/mol. The number of carbonyl (C=O) groups excluding carboxylic acids is 1. The van der Waals surface area contributed by atoms with Crippen molar-refractivity contribution in [1.82, 2.24) is 5.43 Å². The Balaban J connectivity index is 2.84. The molecular formula is C6H14N2O2. The third kappa shape index (κ3) is 7.39. The van der Waals surface area contributed by atoms with Gasteiger partial charge in [-0.1, -0.05) is 0 Å². The van der Waals surface area contributed by atoms with Crippen LogP contribution in [0.2, 0.25) is 0 Å². The highest BCUT2D eigenvalue weighted by molar-refractivity contribution is 5.65. The molecule has 4 nitrogen and oxygen atoms in total. The summed E-state index contributed by atoms with van der Waals surface area (Å²) in [6.07, 6.45) is 1.80. The van der Waals surface area contributed by atoms with E-state index < -0.39 is 0 Å². The number of nitrogens with two attached hydrogens (primary N) is 1. The van der Waals surface area contributed by atoms with Crippen LogP contribution >= 0.6 is 0 Å². The topological polar surface area (TPSA) is 64.3 Å². The van der Waals surface area contributed by atoms with Crippen molar-refractivity contribution in [3.8, 4) is 0 Å². The molecule has 0 aromatic heterocycles. The fraction of sp³-hybridized carbons (Fsp3) is 0.833. The van der Waals surface area contributed by atoms with Crippen LogP contribution in [0.3, 0.4) is 0 Å². The van der Waals surface area contributed by atoms with E-state index in [-0.39, 0.29) is 5.97 Å². The van der Waals surface area contributed by atoms with E-state index in [4.69, 9.17) is 5.84 Å². The van der Waals surface area contributed by atoms with Crippen molar-refractivity contribution in [2.75, 3.05) is 13.2 Å². The van der Waals surface area contributed by atoms with Gasteiger partial charge in [0.05, 0.1) is 6.61 Å². The molecule has 0 radical (unpaired) electrons. The average Bonchev–Trinajstić information content (AvgIpc) is 1.87. The number of rotatable bonds is 5. The maximum absolute atomic E-state index is 10.2.